The molecule has 0 saturated carbocycles. The zero-order chi connectivity index (χ0) is 20.1. The van der Waals surface area contributed by atoms with E-state index in [9.17, 15) is 23.9 Å². The minimum Gasteiger partial charge on any atom is -0.479 e. The standard InChI is InChI=1S/C20H16FN3O4/c21-15-9-5-4-8-14(15)16-10-11-18(26)24(23-16)12-17(25)22-19(20(27)28)13-6-2-1-3-7-13/h1-11,19H,12H2,(H,22,25)(H,27,28)/t19-/m0/s1. The van der Waals surface area contributed by atoms with Crippen LogP contribution in [0.25, 0.3) is 11.3 Å². The van der Waals surface area contributed by atoms with E-state index < -0.39 is 35.8 Å². The molecule has 7 nitrogen and oxygen atoms in total. The molecule has 1 atom stereocenters. The van der Waals surface area contributed by atoms with Crippen LogP contribution in [-0.2, 0) is 16.1 Å². The van der Waals surface area contributed by atoms with E-state index in [2.05, 4.69) is 10.4 Å². The summed E-state index contributed by atoms with van der Waals surface area (Å²) in [7, 11) is 0. The highest BCUT2D eigenvalue weighted by Crippen LogP contribution is 2.19. The molecule has 0 bridgehead atoms. The number of halogens is 1. The monoisotopic (exact) mass is 381 g/mol. The van der Waals surface area contributed by atoms with E-state index in [-0.39, 0.29) is 11.3 Å². The van der Waals surface area contributed by atoms with Gasteiger partial charge in [0.25, 0.3) is 5.56 Å². The highest BCUT2D eigenvalue weighted by atomic mass is 19.1. The Morgan fingerprint density at radius 2 is 1.71 bits per heavy atom. The molecule has 0 radical (unpaired) electrons. The lowest BCUT2D eigenvalue weighted by Crippen LogP contribution is -2.38. The van der Waals surface area contributed by atoms with Gasteiger partial charge < -0.3 is 10.4 Å². The first-order chi connectivity index (χ1) is 13.5. The van der Waals surface area contributed by atoms with Crippen LogP contribution < -0.4 is 10.9 Å². The number of hydrogen-bond donors (Lipinski definition) is 2. The number of carbonyl (C=O) groups excluding carboxylic acids is 1. The molecule has 1 heterocycles. The summed E-state index contributed by atoms with van der Waals surface area (Å²) < 4.78 is 14.8. The van der Waals surface area contributed by atoms with Gasteiger partial charge in [0.1, 0.15) is 12.4 Å². The number of aliphatic carboxylic acids is 1. The lowest BCUT2D eigenvalue weighted by atomic mass is 10.1. The van der Waals surface area contributed by atoms with Crippen molar-refractivity contribution in [2.75, 3.05) is 0 Å². The quantitative estimate of drug-likeness (QED) is 0.680. The first kappa shape index (κ1) is 19.0. The van der Waals surface area contributed by atoms with Gasteiger partial charge in [-0.3, -0.25) is 9.59 Å². The Morgan fingerprint density at radius 3 is 2.39 bits per heavy atom. The topological polar surface area (TPSA) is 101 Å². The average Bonchev–Trinajstić information content (AvgIpc) is 2.69. The van der Waals surface area contributed by atoms with Gasteiger partial charge in [-0.1, -0.05) is 42.5 Å². The third-order valence-corrected chi connectivity index (χ3v) is 3.99. The second kappa shape index (κ2) is 8.26. The Morgan fingerprint density at radius 1 is 1.04 bits per heavy atom. The number of nitrogens with one attached hydrogen (secondary N) is 1. The molecule has 0 spiro atoms. The molecule has 28 heavy (non-hydrogen) atoms. The molecule has 2 aromatic carbocycles. The molecule has 0 fully saturated rings. The molecule has 0 unspecified atom stereocenters. The predicted octanol–water partition coefficient (Wildman–Crippen LogP) is 1.99. The van der Waals surface area contributed by atoms with Crippen molar-refractivity contribution in [1.29, 1.82) is 0 Å². The zero-order valence-corrected chi connectivity index (χ0v) is 14.6. The van der Waals surface area contributed by atoms with Gasteiger partial charge in [-0.15, -0.1) is 0 Å². The van der Waals surface area contributed by atoms with Gasteiger partial charge in [0.2, 0.25) is 5.91 Å². The molecule has 142 valence electrons. The van der Waals surface area contributed by atoms with Crippen LogP contribution in [0.2, 0.25) is 0 Å². The van der Waals surface area contributed by atoms with E-state index >= 15 is 0 Å². The van der Waals surface area contributed by atoms with Crippen molar-refractivity contribution in [3.8, 4) is 11.3 Å². The SMILES string of the molecule is O=C(Cn1nc(-c2ccccc2F)ccc1=O)N[C@H](C(=O)O)c1ccccc1. The Hall–Kier alpha value is -3.81. The third-order valence-electron chi connectivity index (χ3n) is 3.99. The number of hydrogen-bond acceptors (Lipinski definition) is 4. The fraction of sp³-hybridized carbons (Fsp3) is 0.100. The molecule has 1 aromatic heterocycles. The molecule has 0 aliphatic heterocycles. The molecule has 1 amide bonds. The van der Waals surface area contributed by atoms with Crippen LogP contribution in [0.5, 0.6) is 0 Å². The largest absolute Gasteiger partial charge is 0.479 e. The van der Waals surface area contributed by atoms with Gasteiger partial charge in [-0.25, -0.2) is 13.9 Å². The summed E-state index contributed by atoms with van der Waals surface area (Å²) in [5, 5.41) is 15.8. The normalized spacial score (nSPS) is 11.6. The van der Waals surface area contributed by atoms with Crippen LogP contribution in [0.3, 0.4) is 0 Å². The summed E-state index contributed by atoms with van der Waals surface area (Å²) >= 11 is 0. The predicted molar refractivity (Wildman–Crippen MR) is 98.9 cm³/mol. The molecule has 3 aromatic rings. The minimum atomic E-state index is -1.26. The Labute approximate surface area is 159 Å². The van der Waals surface area contributed by atoms with Gasteiger partial charge >= 0.3 is 5.97 Å². The van der Waals surface area contributed by atoms with E-state index in [1.165, 1.54) is 30.3 Å². The van der Waals surface area contributed by atoms with Crippen molar-refractivity contribution < 1.29 is 19.1 Å². The lowest BCUT2D eigenvalue weighted by Gasteiger charge is -2.15. The smallest absolute Gasteiger partial charge is 0.330 e. The molecule has 3 rings (SSSR count). The molecular formula is C20H16FN3O4. The van der Waals surface area contributed by atoms with Gasteiger partial charge in [-0.2, -0.15) is 5.10 Å². The van der Waals surface area contributed by atoms with Crippen molar-refractivity contribution in [1.82, 2.24) is 15.1 Å². The fourth-order valence-electron chi connectivity index (χ4n) is 2.65. The highest BCUT2D eigenvalue weighted by molar-refractivity contribution is 5.84. The van der Waals surface area contributed by atoms with Crippen LogP contribution >= 0.6 is 0 Å². The number of benzene rings is 2. The second-order valence-corrected chi connectivity index (χ2v) is 5.94. The second-order valence-electron chi connectivity index (χ2n) is 5.94. The number of aromatic nitrogens is 2. The van der Waals surface area contributed by atoms with Crippen LogP contribution in [-0.4, -0.2) is 26.8 Å². The summed E-state index contributed by atoms with van der Waals surface area (Å²) in [6, 6.07) is 15.4. The van der Waals surface area contributed by atoms with Crippen LogP contribution in [0.15, 0.2) is 71.5 Å². The van der Waals surface area contributed by atoms with Crippen molar-refractivity contribution in [3.05, 3.63) is 88.5 Å². The Bertz CT molecular complexity index is 1070. The van der Waals surface area contributed by atoms with Crippen molar-refractivity contribution in [2.45, 2.75) is 12.6 Å². The molecular weight excluding hydrogens is 365 g/mol. The first-order valence-electron chi connectivity index (χ1n) is 8.36. The fourth-order valence-corrected chi connectivity index (χ4v) is 2.65. The summed E-state index contributed by atoms with van der Waals surface area (Å²) in [6.07, 6.45) is 0. The Kier molecular flexibility index (Phi) is 5.59. The molecule has 0 saturated heterocycles. The van der Waals surface area contributed by atoms with Crippen LogP contribution in [0, 0.1) is 5.82 Å². The van der Waals surface area contributed by atoms with Gasteiger partial charge in [-0.05, 0) is 23.8 Å². The van der Waals surface area contributed by atoms with E-state index in [1.54, 1.807) is 36.4 Å². The van der Waals surface area contributed by atoms with Gasteiger partial charge in [0.15, 0.2) is 6.04 Å². The summed E-state index contributed by atoms with van der Waals surface area (Å²) in [4.78, 5) is 35.8. The molecule has 0 aliphatic rings. The third kappa shape index (κ3) is 4.29. The lowest BCUT2D eigenvalue weighted by molar-refractivity contribution is -0.142. The highest BCUT2D eigenvalue weighted by Gasteiger charge is 2.22. The van der Waals surface area contributed by atoms with E-state index in [0.29, 0.717) is 5.56 Å². The van der Waals surface area contributed by atoms with Crippen molar-refractivity contribution in [2.24, 2.45) is 0 Å². The first-order valence-corrected chi connectivity index (χ1v) is 8.36. The van der Waals surface area contributed by atoms with Crippen LogP contribution in [0.1, 0.15) is 11.6 Å². The maximum atomic E-state index is 13.9. The van der Waals surface area contributed by atoms with E-state index in [4.69, 9.17) is 0 Å². The van der Waals surface area contributed by atoms with E-state index in [0.717, 1.165) is 4.68 Å². The molecule has 2 N–H and O–H groups in total. The minimum absolute atomic E-state index is 0.184. The summed E-state index contributed by atoms with van der Waals surface area (Å²) in [6.45, 7) is -0.502. The maximum Gasteiger partial charge on any atom is 0.330 e. The zero-order valence-electron chi connectivity index (χ0n) is 14.6. The number of rotatable bonds is 6. The van der Waals surface area contributed by atoms with E-state index in [1.807, 2.05) is 0 Å². The number of carboxylic acid groups (broad SMARTS) is 1. The maximum absolute atomic E-state index is 13.9. The number of carbonyl (C=O) groups is 2. The summed E-state index contributed by atoms with van der Waals surface area (Å²) in [5.41, 5.74) is 0.193. The average molecular weight is 381 g/mol. The molecule has 0 aliphatic carbocycles. The van der Waals surface area contributed by atoms with Crippen molar-refractivity contribution >= 4 is 11.9 Å². The van der Waals surface area contributed by atoms with Crippen molar-refractivity contribution in [3.63, 3.8) is 0 Å². The van der Waals surface area contributed by atoms with Gasteiger partial charge in [0.05, 0.1) is 5.69 Å². The summed E-state index contributed by atoms with van der Waals surface area (Å²) in [5.74, 6) is -2.46. The van der Waals surface area contributed by atoms with Gasteiger partial charge in [0, 0.05) is 11.6 Å². The number of amides is 1. The molecule has 8 heteroatoms. The number of nitrogens with zero attached hydrogens (tertiary/aromatic N) is 2. The number of carboxylic acids is 1. The van der Waals surface area contributed by atoms with Crippen LogP contribution in [0.4, 0.5) is 4.39 Å². The Balaban J connectivity index is 1.82.